The molecule has 1 aliphatic carbocycles. The molecule has 0 fully saturated rings. The van der Waals surface area contributed by atoms with Gasteiger partial charge in [-0.2, -0.15) is 0 Å². The molecule has 1 aromatic heterocycles. The number of nitro groups is 1. The molecule has 7 nitrogen and oxygen atoms in total. The van der Waals surface area contributed by atoms with Crippen molar-refractivity contribution in [3.63, 3.8) is 0 Å². The van der Waals surface area contributed by atoms with Gasteiger partial charge in [0.25, 0.3) is 0 Å². The molecule has 1 aliphatic rings. The van der Waals surface area contributed by atoms with Gasteiger partial charge in [0.05, 0.1) is 17.6 Å². The van der Waals surface area contributed by atoms with E-state index < -0.39 is 22.3 Å². The number of phenolic OH excluding ortho intramolecular Hbond substituents is 1. The number of methoxy groups -OCH3 is 1. The molecule has 136 valence electrons. The molecule has 1 aromatic carbocycles. The Labute approximate surface area is 161 Å². The van der Waals surface area contributed by atoms with Crippen LogP contribution in [0.3, 0.4) is 0 Å². The number of hydrogen-bond acceptors (Lipinski definition) is 7. The molecule has 2 aromatic rings. The van der Waals surface area contributed by atoms with Crippen molar-refractivity contribution in [3.05, 3.63) is 48.3 Å². The molecule has 0 spiro atoms. The van der Waals surface area contributed by atoms with Crippen molar-refractivity contribution < 1.29 is 19.6 Å². The number of carbonyl (C=O) groups is 1. The first-order chi connectivity index (χ1) is 12.4. The van der Waals surface area contributed by atoms with Gasteiger partial charge >= 0.3 is 11.7 Å². The Morgan fingerprint density at radius 1 is 1.42 bits per heavy atom. The number of nitrogens with zero attached hydrogens (tertiary/aromatic N) is 2. The van der Waals surface area contributed by atoms with Crippen LogP contribution in [0.15, 0.2) is 21.6 Å². The van der Waals surface area contributed by atoms with E-state index >= 15 is 0 Å². The highest BCUT2D eigenvalue weighted by Gasteiger charge is 2.26. The van der Waals surface area contributed by atoms with E-state index in [1.165, 1.54) is 36.8 Å². The summed E-state index contributed by atoms with van der Waals surface area (Å²) in [6.45, 7) is 0. The van der Waals surface area contributed by atoms with Crippen LogP contribution in [0.1, 0.15) is 39.2 Å². The molecule has 0 aliphatic heterocycles. The van der Waals surface area contributed by atoms with Crippen molar-refractivity contribution in [1.29, 1.82) is 0 Å². The predicted octanol–water partition coefficient (Wildman–Crippen LogP) is 4.54. The van der Waals surface area contributed by atoms with E-state index in [0.29, 0.717) is 15.0 Å². The smallest absolute Gasteiger partial charge is 0.341 e. The number of halogens is 1. The Hall–Kier alpha value is -2.26. The Morgan fingerprint density at radius 3 is 2.85 bits per heavy atom. The van der Waals surface area contributed by atoms with E-state index in [-0.39, 0.29) is 5.56 Å². The molecule has 3 rings (SSSR count). The maximum atomic E-state index is 12.2. The third kappa shape index (κ3) is 3.49. The monoisotopic (exact) mass is 438 g/mol. The lowest BCUT2D eigenvalue weighted by Gasteiger charge is -2.11. The first kappa shape index (κ1) is 18.5. The molecule has 1 N–H and O–H groups in total. The quantitative estimate of drug-likeness (QED) is 0.326. The van der Waals surface area contributed by atoms with E-state index in [1.54, 1.807) is 0 Å². The largest absolute Gasteiger partial charge is 0.502 e. The number of benzene rings is 1. The number of phenols is 1. The normalized spacial score (nSPS) is 13.6. The van der Waals surface area contributed by atoms with Gasteiger partial charge in [0, 0.05) is 27.2 Å². The van der Waals surface area contributed by atoms with Gasteiger partial charge in [-0.1, -0.05) is 15.9 Å². The Kier molecular flexibility index (Phi) is 5.38. The third-order valence-corrected chi connectivity index (χ3v) is 5.80. The maximum absolute atomic E-state index is 12.2. The van der Waals surface area contributed by atoms with E-state index in [1.807, 2.05) is 0 Å². The minimum atomic E-state index is -0.666. The van der Waals surface area contributed by atoms with Gasteiger partial charge in [-0.15, -0.1) is 11.3 Å². The number of rotatable bonds is 4. The van der Waals surface area contributed by atoms with E-state index in [4.69, 9.17) is 4.74 Å². The number of aliphatic imine (C=N–C) groups is 1. The van der Waals surface area contributed by atoms with Crippen molar-refractivity contribution >= 4 is 50.1 Å². The summed E-state index contributed by atoms with van der Waals surface area (Å²) in [5.41, 5.74) is 1.20. The van der Waals surface area contributed by atoms with Gasteiger partial charge in [-0.3, -0.25) is 10.1 Å². The molecular weight excluding hydrogens is 424 g/mol. The fourth-order valence-corrected chi connectivity index (χ4v) is 4.61. The number of ether oxygens (including phenoxy) is 1. The van der Waals surface area contributed by atoms with Gasteiger partial charge in [0.1, 0.15) is 5.00 Å². The van der Waals surface area contributed by atoms with Crippen LogP contribution in [0.2, 0.25) is 0 Å². The summed E-state index contributed by atoms with van der Waals surface area (Å²) in [5.74, 6) is -0.913. The maximum Gasteiger partial charge on any atom is 0.341 e. The second kappa shape index (κ2) is 7.55. The summed E-state index contributed by atoms with van der Waals surface area (Å²) in [7, 11) is 1.33. The molecular formula is C17H15BrN2O5S. The van der Waals surface area contributed by atoms with Crippen LogP contribution in [0, 0.1) is 10.1 Å². The molecule has 9 heteroatoms. The van der Waals surface area contributed by atoms with Crippen molar-refractivity contribution in [3.8, 4) is 5.75 Å². The second-order valence-corrected chi connectivity index (χ2v) is 7.76. The van der Waals surface area contributed by atoms with Crippen LogP contribution in [0.5, 0.6) is 5.75 Å². The van der Waals surface area contributed by atoms with Gasteiger partial charge in [0.15, 0.2) is 0 Å². The van der Waals surface area contributed by atoms with Crippen LogP contribution in [-0.2, 0) is 17.6 Å². The molecule has 0 saturated heterocycles. The van der Waals surface area contributed by atoms with Crippen LogP contribution in [0.4, 0.5) is 10.7 Å². The van der Waals surface area contributed by atoms with Crippen LogP contribution in [0.25, 0.3) is 0 Å². The molecule has 26 heavy (non-hydrogen) atoms. The molecule has 0 saturated carbocycles. The highest BCUT2D eigenvalue weighted by molar-refractivity contribution is 9.10. The van der Waals surface area contributed by atoms with Crippen molar-refractivity contribution in [2.75, 3.05) is 7.11 Å². The van der Waals surface area contributed by atoms with E-state index in [9.17, 15) is 20.0 Å². The summed E-state index contributed by atoms with van der Waals surface area (Å²) in [6.07, 6.45) is 5.11. The highest BCUT2D eigenvalue weighted by Crippen LogP contribution is 2.40. The molecule has 0 bridgehead atoms. The van der Waals surface area contributed by atoms with Crippen molar-refractivity contribution in [2.24, 2.45) is 4.99 Å². The zero-order chi connectivity index (χ0) is 18.8. The van der Waals surface area contributed by atoms with E-state index in [0.717, 1.165) is 36.1 Å². The SMILES string of the molecule is COC(=O)c1c(N=Cc2cc(Br)cc([N+](=O)[O-])c2O)sc2c1CCCC2. The van der Waals surface area contributed by atoms with Crippen molar-refractivity contribution in [1.82, 2.24) is 0 Å². The van der Waals surface area contributed by atoms with Gasteiger partial charge in [0.2, 0.25) is 5.75 Å². The number of carbonyl (C=O) groups excluding carboxylic acids is 1. The topological polar surface area (TPSA) is 102 Å². The first-order valence-corrected chi connectivity index (χ1v) is 9.47. The third-order valence-electron chi connectivity index (χ3n) is 4.14. The van der Waals surface area contributed by atoms with Crippen LogP contribution in [-0.4, -0.2) is 29.3 Å². The van der Waals surface area contributed by atoms with Crippen molar-refractivity contribution in [2.45, 2.75) is 25.7 Å². The second-order valence-electron chi connectivity index (χ2n) is 5.76. The average Bonchev–Trinajstić information content (AvgIpc) is 2.99. The number of thiophene rings is 1. The Morgan fingerprint density at radius 2 is 2.15 bits per heavy atom. The zero-order valence-electron chi connectivity index (χ0n) is 13.8. The number of hydrogen-bond donors (Lipinski definition) is 1. The summed E-state index contributed by atoms with van der Waals surface area (Å²) < 4.78 is 5.34. The van der Waals surface area contributed by atoms with Crippen LogP contribution >= 0.6 is 27.3 Å². The highest BCUT2D eigenvalue weighted by atomic mass is 79.9. The molecule has 1 heterocycles. The number of aromatic hydroxyl groups is 1. The van der Waals surface area contributed by atoms with Crippen LogP contribution < -0.4 is 0 Å². The average molecular weight is 439 g/mol. The fourth-order valence-electron chi connectivity index (χ4n) is 2.93. The molecule has 0 amide bonds. The van der Waals surface area contributed by atoms with Gasteiger partial charge in [-0.05, 0) is 37.3 Å². The minimum Gasteiger partial charge on any atom is -0.502 e. The first-order valence-electron chi connectivity index (χ1n) is 7.86. The summed E-state index contributed by atoms with van der Waals surface area (Å²) in [5, 5.41) is 21.6. The lowest BCUT2D eigenvalue weighted by atomic mass is 9.95. The lowest BCUT2D eigenvalue weighted by molar-refractivity contribution is -0.385. The van der Waals surface area contributed by atoms with E-state index in [2.05, 4.69) is 20.9 Å². The standard InChI is InChI=1S/C17H15BrN2O5S/c1-25-17(22)14-11-4-2-3-5-13(11)26-16(14)19-8-9-6-10(18)7-12(15(9)21)20(23)24/h6-8,21H,2-5H2,1H3. The zero-order valence-corrected chi connectivity index (χ0v) is 16.2. The predicted molar refractivity (Wildman–Crippen MR) is 102 cm³/mol. The Balaban J connectivity index is 2.06. The molecule has 0 unspecified atom stereocenters. The molecule has 0 radical (unpaired) electrons. The Bertz CT molecular complexity index is 922. The number of esters is 1. The summed E-state index contributed by atoms with van der Waals surface area (Å²) in [4.78, 5) is 28.0. The minimum absolute atomic E-state index is 0.188. The molecule has 0 atom stereocenters. The van der Waals surface area contributed by atoms with Gasteiger partial charge < -0.3 is 9.84 Å². The summed E-state index contributed by atoms with van der Waals surface area (Å²) >= 11 is 4.61. The number of aryl methyl sites for hydroxylation is 1. The number of fused-ring (bicyclic) bond motifs is 1. The summed E-state index contributed by atoms with van der Waals surface area (Å²) in [6, 6.07) is 2.74. The fraction of sp³-hybridized carbons (Fsp3) is 0.294. The van der Waals surface area contributed by atoms with Gasteiger partial charge in [-0.25, -0.2) is 9.79 Å². The number of nitro benzene ring substituents is 1. The lowest BCUT2D eigenvalue weighted by Crippen LogP contribution is -2.07.